The van der Waals surface area contributed by atoms with Gasteiger partial charge in [0.2, 0.25) is 0 Å². The second-order valence-electron chi connectivity index (χ2n) is 4.65. The van der Waals surface area contributed by atoms with E-state index in [9.17, 15) is 9.59 Å². The summed E-state index contributed by atoms with van der Waals surface area (Å²) in [6.07, 6.45) is 5.63. The Hall–Kier alpha value is -2.11. The first-order valence-electron chi connectivity index (χ1n) is 6.01. The maximum absolute atomic E-state index is 11.9. The quantitative estimate of drug-likeness (QED) is 0.839. The Morgan fingerprint density at radius 3 is 2.83 bits per heavy atom. The number of carbonyl (C=O) groups is 1. The molecule has 94 valence electrons. The first-order valence-corrected chi connectivity index (χ1v) is 6.01. The zero-order chi connectivity index (χ0) is 12.7. The predicted octanol–water partition coefficient (Wildman–Crippen LogP) is 1.38. The molecule has 2 aromatic rings. The Morgan fingerprint density at radius 2 is 2.17 bits per heavy atom. The van der Waals surface area contributed by atoms with Gasteiger partial charge in [-0.1, -0.05) is 12.8 Å². The Labute approximate surface area is 102 Å². The minimum absolute atomic E-state index is 0.0342. The normalized spacial score (nSPS) is 16.4. The van der Waals surface area contributed by atoms with Crippen LogP contribution in [0.15, 0.2) is 17.1 Å². The molecule has 2 aromatic heterocycles. The largest absolute Gasteiger partial charge is 0.477 e. The molecule has 6 nitrogen and oxygen atoms in total. The maximum Gasteiger partial charge on any atom is 0.341 e. The van der Waals surface area contributed by atoms with Crippen molar-refractivity contribution in [1.82, 2.24) is 14.6 Å². The zero-order valence-corrected chi connectivity index (χ0v) is 9.72. The molecule has 0 spiro atoms. The van der Waals surface area contributed by atoms with E-state index in [1.807, 2.05) is 0 Å². The minimum Gasteiger partial charge on any atom is -0.477 e. The summed E-state index contributed by atoms with van der Waals surface area (Å²) in [6.45, 7) is 0. The van der Waals surface area contributed by atoms with Crippen molar-refractivity contribution < 1.29 is 9.90 Å². The second-order valence-corrected chi connectivity index (χ2v) is 4.65. The SMILES string of the molecule is O=C(O)c1c[nH]n2c(=O)cc(C3CCCC3)nc12. The molecule has 0 aromatic carbocycles. The second kappa shape index (κ2) is 3.97. The number of nitrogens with one attached hydrogen (secondary N) is 1. The van der Waals surface area contributed by atoms with Crippen molar-refractivity contribution >= 4 is 11.6 Å². The van der Waals surface area contributed by atoms with Gasteiger partial charge in [0.25, 0.3) is 5.56 Å². The van der Waals surface area contributed by atoms with Crippen molar-refractivity contribution in [3.8, 4) is 0 Å². The molecule has 0 atom stereocenters. The summed E-state index contributed by atoms with van der Waals surface area (Å²) in [7, 11) is 0. The summed E-state index contributed by atoms with van der Waals surface area (Å²) in [4.78, 5) is 27.3. The molecule has 18 heavy (non-hydrogen) atoms. The molecular formula is C12H13N3O3. The lowest BCUT2D eigenvalue weighted by Gasteiger charge is -2.07. The number of aromatic nitrogens is 3. The van der Waals surface area contributed by atoms with E-state index in [2.05, 4.69) is 10.1 Å². The van der Waals surface area contributed by atoms with Crippen LogP contribution in [0.3, 0.4) is 0 Å². The Kier molecular flexibility index (Phi) is 2.43. The molecule has 2 N–H and O–H groups in total. The van der Waals surface area contributed by atoms with Crippen molar-refractivity contribution in [2.24, 2.45) is 0 Å². The highest BCUT2D eigenvalue weighted by atomic mass is 16.4. The molecule has 1 aliphatic carbocycles. The lowest BCUT2D eigenvalue weighted by Crippen LogP contribution is -2.17. The minimum atomic E-state index is -1.08. The van der Waals surface area contributed by atoms with E-state index in [1.165, 1.54) is 16.8 Å². The average Bonchev–Trinajstić information content (AvgIpc) is 2.97. The predicted molar refractivity (Wildman–Crippen MR) is 64.0 cm³/mol. The summed E-state index contributed by atoms with van der Waals surface area (Å²) in [5.41, 5.74) is 0.706. The van der Waals surface area contributed by atoms with Crippen molar-refractivity contribution in [3.63, 3.8) is 0 Å². The van der Waals surface area contributed by atoms with Crippen LogP contribution in [0, 0.1) is 0 Å². The number of hydrogen-bond donors (Lipinski definition) is 2. The smallest absolute Gasteiger partial charge is 0.341 e. The Balaban J connectivity index is 2.20. The Morgan fingerprint density at radius 1 is 1.44 bits per heavy atom. The fraction of sp³-hybridized carbons (Fsp3) is 0.417. The summed E-state index contributed by atoms with van der Waals surface area (Å²) in [5.74, 6) is -0.788. The molecule has 0 bridgehead atoms. The third-order valence-corrected chi connectivity index (χ3v) is 3.52. The molecule has 1 aliphatic rings. The van der Waals surface area contributed by atoms with Crippen molar-refractivity contribution in [3.05, 3.63) is 33.9 Å². The topological polar surface area (TPSA) is 87.5 Å². The zero-order valence-electron chi connectivity index (χ0n) is 9.72. The number of aromatic amines is 1. The summed E-state index contributed by atoms with van der Waals surface area (Å²) < 4.78 is 1.17. The molecule has 1 fully saturated rings. The van der Waals surface area contributed by atoms with Crippen molar-refractivity contribution in [2.45, 2.75) is 31.6 Å². The third kappa shape index (κ3) is 1.61. The fourth-order valence-electron chi connectivity index (χ4n) is 2.59. The van der Waals surface area contributed by atoms with Crippen LogP contribution in [0.4, 0.5) is 0 Å². The van der Waals surface area contributed by atoms with E-state index < -0.39 is 5.97 Å². The molecule has 0 unspecified atom stereocenters. The van der Waals surface area contributed by atoms with Crippen molar-refractivity contribution in [2.75, 3.05) is 0 Å². The number of aromatic carboxylic acids is 1. The molecule has 0 radical (unpaired) electrons. The van der Waals surface area contributed by atoms with Crippen LogP contribution in [-0.2, 0) is 0 Å². The lowest BCUT2D eigenvalue weighted by molar-refractivity contribution is 0.0698. The van der Waals surface area contributed by atoms with E-state index in [4.69, 9.17) is 5.11 Å². The van der Waals surface area contributed by atoms with E-state index in [0.717, 1.165) is 31.4 Å². The van der Waals surface area contributed by atoms with Gasteiger partial charge >= 0.3 is 5.97 Å². The van der Waals surface area contributed by atoms with Crippen molar-refractivity contribution in [1.29, 1.82) is 0 Å². The lowest BCUT2D eigenvalue weighted by atomic mass is 10.0. The first kappa shape index (κ1) is 11.0. The molecule has 0 amide bonds. The van der Waals surface area contributed by atoms with Crippen LogP contribution < -0.4 is 5.56 Å². The number of fused-ring (bicyclic) bond motifs is 1. The van der Waals surface area contributed by atoms with Gasteiger partial charge in [-0.25, -0.2) is 14.3 Å². The summed E-state index contributed by atoms with van der Waals surface area (Å²) >= 11 is 0. The first-order chi connectivity index (χ1) is 8.66. The molecular weight excluding hydrogens is 234 g/mol. The molecule has 6 heteroatoms. The number of H-pyrrole nitrogens is 1. The van der Waals surface area contributed by atoms with Crippen LogP contribution in [0.2, 0.25) is 0 Å². The van der Waals surface area contributed by atoms with Gasteiger partial charge in [-0.3, -0.25) is 9.89 Å². The van der Waals surface area contributed by atoms with Crippen LogP contribution in [0.1, 0.15) is 47.7 Å². The van der Waals surface area contributed by atoms with Gasteiger partial charge in [0, 0.05) is 18.2 Å². The van der Waals surface area contributed by atoms with Gasteiger partial charge in [-0.15, -0.1) is 0 Å². The standard InChI is InChI=1S/C12H13N3O3/c16-10-5-9(7-3-1-2-4-7)14-11-8(12(17)18)6-13-15(10)11/h5-7,13H,1-4H2,(H,17,18). The summed E-state index contributed by atoms with van der Waals surface area (Å²) in [5, 5.41) is 11.7. The molecule has 3 rings (SSSR count). The van der Waals surface area contributed by atoms with Gasteiger partial charge < -0.3 is 5.11 Å². The van der Waals surface area contributed by atoms with Gasteiger partial charge in [0.1, 0.15) is 5.56 Å². The van der Waals surface area contributed by atoms with Crippen LogP contribution in [-0.4, -0.2) is 25.7 Å². The number of hydrogen-bond acceptors (Lipinski definition) is 3. The van der Waals surface area contributed by atoms with Crippen LogP contribution >= 0.6 is 0 Å². The summed E-state index contributed by atoms with van der Waals surface area (Å²) in [6, 6.07) is 1.51. The van der Waals surface area contributed by atoms with E-state index in [0.29, 0.717) is 5.92 Å². The molecule has 0 aliphatic heterocycles. The van der Waals surface area contributed by atoms with Crippen LogP contribution in [0.5, 0.6) is 0 Å². The van der Waals surface area contributed by atoms with Gasteiger partial charge in [0.05, 0.1) is 5.69 Å². The van der Waals surface area contributed by atoms with Gasteiger partial charge in [-0.2, -0.15) is 0 Å². The maximum atomic E-state index is 11.9. The fourth-order valence-corrected chi connectivity index (χ4v) is 2.59. The average molecular weight is 247 g/mol. The number of carboxylic acid groups (broad SMARTS) is 1. The van der Waals surface area contributed by atoms with E-state index in [-0.39, 0.29) is 16.8 Å². The van der Waals surface area contributed by atoms with E-state index in [1.54, 1.807) is 0 Å². The van der Waals surface area contributed by atoms with Gasteiger partial charge in [0.15, 0.2) is 5.65 Å². The molecule has 1 saturated carbocycles. The highest BCUT2D eigenvalue weighted by Gasteiger charge is 2.21. The highest BCUT2D eigenvalue weighted by Crippen LogP contribution is 2.32. The number of nitrogens with zero attached hydrogens (tertiary/aromatic N) is 2. The molecule has 0 saturated heterocycles. The highest BCUT2D eigenvalue weighted by molar-refractivity contribution is 5.94. The van der Waals surface area contributed by atoms with E-state index >= 15 is 0 Å². The van der Waals surface area contributed by atoms with Crippen LogP contribution in [0.25, 0.3) is 5.65 Å². The number of carboxylic acids is 1. The Bertz CT molecular complexity index is 665. The monoisotopic (exact) mass is 247 g/mol. The number of rotatable bonds is 2. The molecule has 2 heterocycles. The van der Waals surface area contributed by atoms with Gasteiger partial charge in [-0.05, 0) is 12.8 Å². The third-order valence-electron chi connectivity index (χ3n) is 3.52.